The van der Waals surface area contributed by atoms with Crippen LogP contribution in [0.15, 0.2) is 114 Å². The van der Waals surface area contributed by atoms with E-state index in [0.717, 1.165) is 4.31 Å². The molecule has 0 unspecified atom stereocenters. The first kappa shape index (κ1) is 24.7. The molecule has 0 spiro atoms. The highest BCUT2D eigenvalue weighted by molar-refractivity contribution is 7.93. The molecule has 7 nitrogen and oxygen atoms in total. The zero-order valence-electron chi connectivity index (χ0n) is 19.4. The first-order chi connectivity index (χ1) is 17.4. The topological polar surface area (TPSA) is 90.0 Å². The fraction of sp³-hybridized carbons (Fsp3) is 0.0714. The molecule has 0 N–H and O–H groups in total. The van der Waals surface area contributed by atoms with Gasteiger partial charge in [0.15, 0.2) is 0 Å². The van der Waals surface area contributed by atoms with Crippen molar-refractivity contribution < 1.29 is 27.5 Å². The van der Waals surface area contributed by atoms with E-state index in [4.69, 9.17) is 9.47 Å². The number of anilines is 1. The number of sulfonamides is 1. The van der Waals surface area contributed by atoms with Crippen LogP contribution >= 0.6 is 0 Å². The Morgan fingerprint density at radius 1 is 0.694 bits per heavy atom. The van der Waals surface area contributed by atoms with Crippen LogP contribution in [-0.2, 0) is 10.0 Å². The van der Waals surface area contributed by atoms with Crippen molar-refractivity contribution >= 4 is 27.6 Å². The molecule has 0 aliphatic heterocycles. The molecule has 1 amide bonds. The molecule has 0 saturated heterocycles. The summed E-state index contributed by atoms with van der Waals surface area (Å²) in [6, 6.07) is 28.2. The molecule has 182 valence electrons. The van der Waals surface area contributed by atoms with E-state index in [9.17, 15) is 18.0 Å². The smallest absolute Gasteiger partial charge is 0.343 e. The zero-order chi connectivity index (χ0) is 25.5. The van der Waals surface area contributed by atoms with E-state index in [-0.39, 0.29) is 21.9 Å². The first-order valence-electron chi connectivity index (χ1n) is 11.1. The number of benzene rings is 4. The molecular formula is C28H23NO6S. The van der Waals surface area contributed by atoms with E-state index in [1.807, 2.05) is 6.92 Å². The Morgan fingerprint density at radius 2 is 1.22 bits per heavy atom. The van der Waals surface area contributed by atoms with Gasteiger partial charge in [-0.1, -0.05) is 36.4 Å². The van der Waals surface area contributed by atoms with Crippen LogP contribution in [0.2, 0.25) is 0 Å². The van der Waals surface area contributed by atoms with Crippen molar-refractivity contribution in [3.05, 3.63) is 120 Å². The normalized spacial score (nSPS) is 10.9. The van der Waals surface area contributed by atoms with Crippen molar-refractivity contribution in [3.63, 3.8) is 0 Å². The van der Waals surface area contributed by atoms with Crippen molar-refractivity contribution in [1.82, 2.24) is 0 Å². The van der Waals surface area contributed by atoms with Gasteiger partial charge in [-0.3, -0.25) is 4.79 Å². The summed E-state index contributed by atoms with van der Waals surface area (Å²) in [6.45, 7) is 2.26. The Balaban J connectivity index is 1.68. The van der Waals surface area contributed by atoms with E-state index in [0.29, 0.717) is 17.9 Å². The molecule has 36 heavy (non-hydrogen) atoms. The lowest BCUT2D eigenvalue weighted by Gasteiger charge is -2.23. The first-order valence-corrected chi connectivity index (χ1v) is 12.6. The van der Waals surface area contributed by atoms with Gasteiger partial charge in [-0.2, -0.15) is 4.31 Å². The summed E-state index contributed by atoms with van der Waals surface area (Å²) in [7, 11) is -4.29. The van der Waals surface area contributed by atoms with Gasteiger partial charge in [0.05, 0.1) is 22.8 Å². The summed E-state index contributed by atoms with van der Waals surface area (Å²) in [6.07, 6.45) is 0. The SMILES string of the molecule is CCOc1ccc(S(=O)(=O)N(C(=O)c2ccccc2)c2ccc(OC(=O)c3ccccc3)cc2)cc1. The van der Waals surface area contributed by atoms with Gasteiger partial charge in [-0.25, -0.2) is 13.2 Å². The summed E-state index contributed by atoms with van der Waals surface area (Å²) in [5, 5.41) is 0. The van der Waals surface area contributed by atoms with E-state index in [1.165, 1.54) is 48.5 Å². The summed E-state index contributed by atoms with van der Waals surface area (Å²) in [5.41, 5.74) is 0.671. The van der Waals surface area contributed by atoms with Crippen molar-refractivity contribution in [2.45, 2.75) is 11.8 Å². The molecule has 4 rings (SSSR count). The van der Waals surface area contributed by atoms with Gasteiger partial charge in [0, 0.05) is 5.56 Å². The third-order valence-corrected chi connectivity index (χ3v) is 6.89. The molecule has 4 aromatic rings. The van der Waals surface area contributed by atoms with E-state index in [2.05, 4.69) is 0 Å². The zero-order valence-corrected chi connectivity index (χ0v) is 20.2. The number of nitrogens with zero attached hydrogens (tertiary/aromatic N) is 1. The molecule has 0 fully saturated rings. The molecule has 0 radical (unpaired) electrons. The maximum atomic E-state index is 13.6. The van der Waals surface area contributed by atoms with Gasteiger partial charge >= 0.3 is 5.97 Å². The highest BCUT2D eigenvalue weighted by Gasteiger charge is 2.32. The lowest BCUT2D eigenvalue weighted by Crippen LogP contribution is -2.37. The molecule has 0 atom stereocenters. The second kappa shape index (κ2) is 10.9. The number of carbonyl (C=O) groups excluding carboxylic acids is 2. The lowest BCUT2D eigenvalue weighted by molar-refractivity contribution is 0.0734. The van der Waals surface area contributed by atoms with E-state index < -0.39 is 21.9 Å². The third-order valence-electron chi connectivity index (χ3n) is 5.17. The van der Waals surface area contributed by atoms with Crippen LogP contribution in [0.5, 0.6) is 11.5 Å². The van der Waals surface area contributed by atoms with Crippen LogP contribution in [0, 0.1) is 0 Å². The second-order valence-corrected chi connectivity index (χ2v) is 9.38. The minimum atomic E-state index is -4.29. The minimum Gasteiger partial charge on any atom is -0.494 e. The fourth-order valence-electron chi connectivity index (χ4n) is 3.43. The van der Waals surface area contributed by atoms with Crippen LogP contribution in [-0.4, -0.2) is 26.9 Å². The maximum absolute atomic E-state index is 13.6. The van der Waals surface area contributed by atoms with Crippen LogP contribution in [0.25, 0.3) is 0 Å². The Kier molecular flexibility index (Phi) is 7.46. The highest BCUT2D eigenvalue weighted by atomic mass is 32.2. The quantitative estimate of drug-likeness (QED) is 0.239. The Hall–Kier alpha value is -4.43. The molecule has 0 saturated carbocycles. The molecule has 0 aromatic heterocycles. The molecule has 4 aromatic carbocycles. The van der Waals surface area contributed by atoms with E-state index >= 15 is 0 Å². The van der Waals surface area contributed by atoms with Gasteiger partial charge in [-0.05, 0) is 79.7 Å². The highest BCUT2D eigenvalue weighted by Crippen LogP contribution is 2.29. The monoisotopic (exact) mass is 501 g/mol. The van der Waals surface area contributed by atoms with Crippen molar-refractivity contribution in [1.29, 1.82) is 0 Å². The third kappa shape index (κ3) is 5.45. The molecule has 0 aliphatic carbocycles. The lowest BCUT2D eigenvalue weighted by atomic mass is 10.2. The molecule has 0 heterocycles. The van der Waals surface area contributed by atoms with Crippen LogP contribution in [0.3, 0.4) is 0 Å². The fourth-order valence-corrected chi connectivity index (χ4v) is 4.85. The number of rotatable bonds is 8. The number of hydrogen-bond donors (Lipinski definition) is 0. The van der Waals surface area contributed by atoms with Crippen molar-refractivity contribution in [2.75, 3.05) is 10.9 Å². The van der Waals surface area contributed by atoms with Crippen LogP contribution < -0.4 is 13.8 Å². The molecular weight excluding hydrogens is 478 g/mol. The summed E-state index contributed by atoms with van der Waals surface area (Å²) < 4.78 is 38.8. The predicted octanol–water partition coefficient (Wildman–Crippen LogP) is 5.34. The number of esters is 1. The number of carbonyl (C=O) groups is 2. The minimum absolute atomic E-state index is 0.0742. The van der Waals surface area contributed by atoms with Gasteiger partial charge in [0.25, 0.3) is 15.9 Å². The largest absolute Gasteiger partial charge is 0.494 e. The number of ether oxygens (including phenoxy) is 2. The Morgan fingerprint density at radius 3 is 1.78 bits per heavy atom. The standard InChI is InChI=1S/C28H23NO6S/c1-2-34-24-17-19-26(20-18-24)36(32,33)29(27(30)21-9-5-3-6-10-21)23-13-15-25(16-14-23)35-28(31)22-11-7-4-8-12-22/h3-20H,2H2,1H3. The second-order valence-electron chi connectivity index (χ2n) is 7.59. The molecule has 0 bridgehead atoms. The molecule has 8 heteroatoms. The van der Waals surface area contributed by atoms with Gasteiger partial charge in [0.1, 0.15) is 11.5 Å². The number of amides is 1. The average Bonchev–Trinajstić information content (AvgIpc) is 2.91. The Labute approximate surface area is 209 Å². The van der Waals surface area contributed by atoms with Crippen molar-refractivity contribution in [2.24, 2.45) is 0 Å². The van der Waals surface area contributed by atoms with Gasteiger partial charge in [0.2, 0.25) is 0 Å². The molecule has 0 aliphatic rings. The number of hydrogen-bond acceptors (Lipinski definition) is 6. The van der Waals surface area contributed by atoms with Crippen LogP contribution in [0.4, 0.5) is 5.69 Å². The maximum Gasteiger partial charge on any atom is 0.343 e. The Bertz CT molecular complexity index is 1440. The van der Waals surface area contributed by atoms with Crippen LogP contribution in [0.1, 0.15) is 27.6 Å². The average molecular weight is 502 g/mol. The van der Waals surface area contributed by atoms with Gasteiger partial charge in [-0.15, -0.1) is 0 Å². The van der Waals surface area contributed by atoms with E-state index in [1.54, 1.807) is 60.7 Å². The van der Waals surface area contributed by atoms with Gasteiger partial charge < -0.3 is 9.47 Å². The summed E-state index contributed by atoms with van der Waals surface area (Å²) in [4.78, 5) is 25.7. The predicted molar refractivity (Wildman–Crippen MR) is 136 cm³/mol. The summed E-state index contributed by atoms with van der Waals surface area (Å²) >= 11 is 0. The summed E-state index contributed by atoms with van der Waals surface area (Å²) in [5.74, 6) is -0.554. The van der Waals surface area contributed by atoms with Crippen molar-refractivity contribution in [3.8, 4) is 11.5 Å².